The van der Waals surface area contributed by atoms with Crippen molar-refractivity contribution in [3.63, 3.8) is 0 Å². The lowest BCUT2D eigenvalue weighted by Gasteiger charge is -2.08. The van der Waals surface area contributed by atoms with Crippen molar-refractivity contribution in [3.05, 3.63) is 47.2 Å². The molecule has 92 valence electrons. The van der Waals surface area contributed by atoms with Crippen molar-refractivity contribution in [2.45, 2.75) is 0 Å². The molecule has 0 spiro atoms. The van der Waals surface area contributed by atoms with Gasteiger partial charge in [0.15, 0.2) is 0 Å². The molecule has 0 aliphatic carbocycles. The van der Waals surface area contributed by atoms with Crippen LogP contribution in [0.2, 0.25) is 5.02 Å². The Hall–Kier alpha value is -2.27. The number of pyridine rings is 1. The number of ether oxygens (including phenoxy) is 1. The third-order valence-electron chi connectivity index (χ3n) is 2.18. The summed E-state index contributed by atoms with van der Waals surface area (Å²) in [5.74, 6) is 0.248. The molecular weight excluding hydrogens is 254 g/mol. The Balaban J connectivity index is 2.28. The molecule has 5 nitrogen and oxygen atoms in total. The van der Waals surface area contributed by atoms with E-state index in [2.05, 4.69) is 4.98 Å². The van der Waals surface area contributed by atoms with Gasteiger partial charge in [-0.25, -0.2) is 0 Å². The predicted octanol–water partition coefficient (Wildman–Crippen LogP) is 2.21. The van der Waals surface area contributed by atoms with Crippen LogP contribution in [-0.2, 0) is 0 Å². The standard InChI is InChI=1S/C12H10ClN3O2/c13-7-1-2-11(9(14)5-7)18-8-3-4-16-10(6-8)12(15)17/h1-6H,14H2,(H2,15,17). The SMILES string of the molecule is NC(=O)c1cc(Oc2ccc(Cl)cc2N)ccn1. The highest BCUT2D eigenvalue weighted by Gasteiger charge is 2.06. The average Bonchev–Trinajstić information content (AvgIpc) is 2.33. The van der Waals surface area contributed by atoms with Crippen molar-refractivity contribution in [1.29, 1.82) is 0 Å². The highest BCUT2D eigenvalue weighted by Crippen LogP contribution is 2.29. The molecule has 2 rings (SSSR count). The van der Waals surface area contributed by atoms with Gasteiger partial charge in [0.25, 0.3) is 5.91 Å². The van der Waals surface area contributed by atoms with Crippen LogP contribution in [0.5, 0.6) is 11.5 Å². The first-order valence-electron chi connectivity index (χ1n) is 5.05. The Kier molecular flexibility index (Phi) is 3.34. The quantitative estimate of drug-likeness (QED) is 0.831. The molecular formula is C12H10ClN3O2. The Bertz CT molecular complexity index is 602. The van der Waals surface area contributed by atoms with Crippen LogP contribution in [0.15, 0.2) is 36.5 Å². The first-order chi connectivity index (χ1) is 8.56. The Morgan fingerprint density at radius 2 is 2.06 bits per heavy atom. The first-order valence-corrected chi connectivity index (χ1v) is 5.43. The molecule has 0 radical (unpaired) electrons. The number of aromatic nitrogens is 1. The van der Waals surface area contributed by atoms with Gasteiger partial charge in [0.2, 0.25) is 0 Å². The fraction of sp³-hybridized carbons (Fsp3) is 0. The van der Waals surface area contributed by atoms with E-state index < -0.39 is 5.91 Å². The molecule has 18 heavy (non-hydrogen) atoms. The molecule has 0 saturated carbocycles. The minimum absolute atomic E-state index is 0.125. The topological polar surface area (TPSA) is 91.2 Å². The van der Waals surface area contributed by atoms with Gasteiger partial charge in [-0.15, -0.1) is 0 Å². The number of nitrogens with two attached hydrogens (primary N) is 2. The zero-order valence-electron chi connectivity index (χ0n) is 9.26. The van der Waals surface area contributed by atoms with Gasteiger partial charge in [-0.05, 0) is 24.3 Å². The van der Waals surface area contributed by atoms with Gasteiger partial charge in [0, 0.05) is 17.3 Å². The molecule has 0 saturated heterocycles. The van der Waals surface area contributed by atoms with E-state index >= 15 is 0 Å². The molecule has 1 aromatic carbocycles. The van der Waals surface area contributed by atoms with Gasteiger partial charge in [-0.2, -0.15) is 0 Å². The zero-order valence-corrected chi connectivity index (χ0v) is 10.0. The normalized spacial score (nSPS) is 10.1. The summed E-state index contributed by atoms with van der Waals surface area (Å²) in [6.45, 7) is 0. The number of anilines is 1. The lowest BCUT2D eigenvalue weighted by molar-refractivity contribution is 0.0995. The van der Waals surface area contributed by atoms with E-state index in [9.17, 15) is 4.79 Å². The summed E-state index contributed by atoms with van der Waals surface area (Å²) in [7, 11) is 0. The zero-order chi connectivity index (χ0) is 13.1. The second-order valence-corrected chi connectivity index (χ2v) is 3.96. The maximum Gasteiger partial charge on any atom is 0.267 e. The monoisotopic (exact) mass is 263 g/mol. The van der Waals surface area contributed by atoms with E-state index in [0.29, 0.717) is 22.2 Å². The van der Waals surface area contributed by atoms with E-state index in [1.165, 1.54) is 12.3 Å². The summed E-state index contributed by atoms with van der Waals surface area (Å²) in [5.41, 5.74) is 11.4. The third-order valence-corrected chi connectivity index (χ3v) is 2.42. The molecule has 4 N–H and O–H groups in total. The second kappa shape index (κ2) is 4.93. The van der Waals surface area contributed by atoms with E-state index in [1.807, 2.05) is 0 Å². The Morgan fingerprint density at radius 3 is 2.72 bits per heavy atom. The summed E-state index contributed by atoms with van der Waals surface area (Å²) in [4.78, 5) is 14.8. The summed E-state index contributed by atoms with van der Waals surface area (Å²) in [6, 6.07) is 7.91. The number of carbonyl (C=O) groups excluding carboxylic acids is 1. The van der Waals surface area contributed by atoms with E-state index in [1.54, 1.807) is 24.3 Å². The van der Waals surface area contributed by atoms with Gasteiger partial charge in [-0.1, -0.05) is 11.6 Å². The van der Waals surface area contributed by atoms with E-state index in [0.717, 1.165) is 0 Å². The minimum Gasteiger partial charge on any atom is -0.455 e. The van der Waals surface area contributed by atoms with Crippen molar-refractivity contribution in [2.75, 3.05) is 5.73 Å². The van der Waals surface area contributed by atoms with Gasteiger partial charge >= 0.3 is 0 Å². The molecule has 0 atom stereocenters. The first kappa shape index (κ1) is 12.2. The summed E-state index contributed by atoms with van der Waals surface area (Å²) >= 11 is 5.78. The van der Waals surface area contributed by atoms with Crippen LogP contribution < -0.4 is 16.2 Å². The smallest absolute Gasteiger partial charge is 0.267 e. The van der Waals surface area contributed by atoms with Crippen LogP contribution in [0, 0.1) is 0 Å². The highest BCUT2D eigenvalue weighted by atomic mass is 35.5. The third kappa shape index (κ3) is 2.70. The number of hydrogen-bond acceptors (Lipinski definition) is 4. The molecule has 0 aliphatic heterocycles. The van der Waals surface area contributed by atoms with Crippen molar-refractivity contribution >= 4 is 23.2 Å². The van der Waals surface area contributed by atoms with E-state index in [4.69, 9.17) is 27.8 Å². The molecule has 0 aliphatic rings. The number of hydrogen-bond donors (Lipinski definition) is 2. The largest absolute Gasteiger partial charge is 0.455 e. The van der Waals surface area contributed by atoms with Gasteiger partial charge in [-0.3, -0.25) is 9.78 Å². The van der Waals surface area contributed by atoms with Gasteiger partial charge in [0.1, 0.15) is 17.2 Å². The number of benzene rings is 1. The fourth-order valence-corrected chi connectivity index (χ4v) is 1.53. The van der Waals surface area contributed by atoms with Crippen molar-refractivity contribution in [1.82, 2.24) is 4.98 Å². The molecule has 0 unspecified atom stereocenters. The van der Waals surface area contributed by atoms with E-state index in [-0.39, 0.29) is 5.69 Å². The predicted molar refractivity (Wildman–Crippen MR) is 68.7 cm³/mol. The molecule has 0 fully saturated rings. The lowest BCUT2D eigenvalue weighted by Crippen LogP contribution is -2.12. The highest BCUT2D eigenvalue weighted by molar-refractivity contribution is 6.30. The molecule has 2 aromatic rings. The number of carbonyl (C=O) groups is 1. The maximum atomic E-state index is 11.0. The summed E-state index contributed by atoms with van der Waals surface area (Å²) in [6.07, 6.45) is 1.43. The maximum absolute atomic E-state index is 11.0. The number of nitrogens with zero attached hydrogens (tertiary/aromatic N) is 1. The van der Waals surface area contributed by atoms with Crippen molar-refractivity contribution < 1.29 is 9.53 Å². The molecule has 1 heterocycles. The number of rotatable bonds is 3. The van der Waals surface area contributed by atoms with Crippen LogP contribution in [0.3, 0.4) is 0 Å². The average molecular weight is 264 g/mol. The van der Waals surface area contributed by atoms with Crippen LogP contribution in [-0.4, -0.2) is 10.9 Å². The van der Waals surface area contributed by atoms with Crippen LogP contribution in [0.4, 0.5) is 5.69 Å². The fourth-order valence-electron chi connectivity index (χ4n) is 1.35. The van der Waals surface area contributed by atoms with Crippen LogP contribution >= 0.6 is 11.6 Å². The van der Waals surface area contributed by atoms with Gasteiger partial charge in [0.05, 0.1) is 5.69 Å². The summed E-state index contributed by atoms with van der Waals surface area (Å²) in [5, 5.41) is 0.521. The minimum atomic E-state index is -0.621. The molecule has 1 aromatic heterocycles. The molecule has 6 heteroatoms. The second-order valence-electron chi connectivity index (χ2n) is 3.53. The van der Waals surface area contributed by atoms with Crippen molar-refractivity contribution in [3.8, 4) is 11.5 Å². The van der Waals surface area contributed by atoms with Crippen molar-refractivity contribution in [2.24, 2.45) is 5.73 Å². The van der Waals surface area contributed by atoms with Crippen LogP contribution in [0.1, 0.15) is 10.5 Å². The molecule has 1 amide bonds. The lowest BCUT2D eigenvalue weighted by atomic mass is 10.3. The van der Waals surface area contributed by atoms with Crippen LogP contribution in [0.25, 0.3) is 0 Å². The summed E-state index contributed by atoms with van der Waals surface area (Å²) < 4.78 is 5.52. The number of nitrogen functional groups attached to an aromatic ring is 1. The number of primary amides is 1. The Labute approximate surface area is 108 Å². The molecule has 0 bridgehead atoms. The number of amides is 1. The Morgan fingerprint density at radius 1 is 1.28 bits per heavy atom. The van der Waals surface area contributed by atoms with Gasteiger partial charge < -0.3 is 16.2 Å². The number of halogens is 1.